The molecule has 0 aromatic rings. The minimum atomic E-state index is -2.21. The molecule has 0 amide bonds. The van der Waals surface area contributed by atoms with E-state index in [0.717, 1.165) is 0 Å². The molecular weight excluding hydrogens is 267 g/mol. The van der Waals surface area contributed by atoms with E-state index in [-0.39, 0.29) is 10.1 Å². The molecule has 2 aliphatic rings. The van der Waals surface area contributed by atoms with Gasteiger partial charge in [-0.3, -0.25) is 0 Å². The lowest BCUT2D eigenvalue weighted by Crippen LogP contribution is -2.48. The summed E-state index contributed by atoms with van der Waals surface area (Å²) in [6.45, 7) is 2.57. The van der Waals surface area contributed by atoms with E-state index in [1.165, 1.54) is 64.2 Å². The van der Waals surface area contributed by atoms with E-state index in [4.69, 9.17) is 22.2 Å². The summed E-state index contributed by atoms with van der Waals surface area (Å²) >= 11 is 14.2. The van der Waals surface area contributed by atoms with Crippen molar-refractivity contribution in [1.82, 2.24) is 0 Å². The molecule has 0 aromatic heterocycles. The molecule has 0 spiro atoms. The summed E-state index contributed by atoms with van der Waals surface area (Å²) in [4.78, 5) is 0. The molecular formula is C14H26Cl2Si. The van der Waals surface area contributed by atoms with Crippen LogP contribution in [0.15, 0.2) is 0 Å². The second-order valence-electron chi connectivity index (χ2n) is 6.82. The van der Waals surface area contributed by atoms with Gasteiger partial charge in [-0.05, 0) is 35.8 Å². The second kappa shape index (κ2) is 5.05. The van der Waals surface area contributed by atoms with Gasteiger partial charge < -0.3 is 0 Å². The van der Waals surface area contributed by atoms with Crippen molar-refractivity contribution in [3.63, 3.8) is 0 Å². The Labute approximate surface area is 117 Å². The lowest BCUT2D eigenvalue weighted by Gasteiger charge is -2.52. The van der Waals surface area contributed by atoms with E-state index in [1.54, 1.807) is 0 Å². The quantitative estimate of drug-likeness (QED) is 0.411. The van der Waals surface area contributed by atoms with Gasteiger partial charge in [0.05, 0.1) is 0 Å². The molecule has 17 heavy (non-hydrogen) atoms. The van der Waals surface area contributed by atoms with Gasteiger partial charge in [0.15, 0.2) is 0 Å². The van der Waals surface area contributed by atoms with Crippen LogP contribution in [0.5, 0.6) is 0 Å². The van der Waals surface area contributed by atoms with Crippen molar-refractivity contribution in [3.05, 3.63) is 0 Å². The van der Waals surface area contributed by atoms with Gasteiger partial charge in [0.1, 0.15) is 0 Å². The Bertz CT molecular complexity index is 237. The Kier molecular flexibility index (Phi) is 4.23. The van der Waals surface area contributed by atoms with Crippen molar-refractivity contribution < 1.29 is 0 Å². The van der Waals surface area contributed by atoms with Crippen LogP contribution in [0.25, 0.3) is 0 Å². The maximum Gasteiger partial charge on any atom is 0.262 e. The molecule has 0 radical (unpaired) electrons. The van der Waals surface area contributed by atoms with Crippen LogP contribution < -0.4 is 0 Å². The first-order valence-electron chi connectivity index (χ1n) is 7.29. The first-order chi connectivity index (χ1) is 7.91. The number of rotatable bonds is 2. The Balaban J connectivity index is 2.20. The highest BCUT2D eigenvalue weighted by atomic mass is 35.7. The van der Waals surface area contributed by atoms with Crippen LogP contribution in [-0.2, 0) is 0 Å². The van der Waals surface area contributed by atoms with Crippen molar-refractivity contribution in [2.75, 3.05) is 0 Å². The monoisotopic (exact) mass is 292 g/mol. The van der Waals surface area contributed by atoms with E-state index in [2.05, 4.69) is 13.8 Å². The highest BCUT2D eigenvalue weighted by Gasteiger charge is 2.59. The van der Waals surface area contributed by atoms with Gasteiger partial charge in [-0.25, -0.2) is 0 Å². The van der Waals surface area contributed by atoms with E-state index in [1.807, 2.05) is 0 Å². The maximum atomic E-state index is 7.08. The van der Waals surface area contributed by atoms with Crippen LogP contribution >= 0.6 is 22.2 Å². The molecule has 3 heteroatoms. The standard InChI is InChI=1S/C14H26Cl2Si/c1-13(9-5-3-6-10-13)17(15,16)14(2)11-7-4-8-12-14/h3-12H2,1-2H3. The van der Waals surface area contributed by atoms with Gasteiger partial charge in [-0.1, -0.05) is 52.4 Å². The molecule has 2 rings (SSSR count). The molecule has 0 atom stereocenters. The predicted octanol–water partition coefficient (Wildman–Crippen LogP) is 6.36. The van der Waals surface area contributed by atoms with Crippen LogP contribution in [0.3, 0.4) is 0 Å². The Hall–Kier alpha value is 0.797. The molecule has 0 aromatic carbocycles. The number of hydrogen-bond donors (Lipinski definition) is 0. The van der Waals surface area contributed by atoms with Gasteiger partial charge in [-0.15, -0.1) is 22.2 Å². The van der Waals surface area contributed by atoms with Crippen LogP contribution in [0.4, 0.5) is 0 Å². The summed E-state index contributed by atoms with van der Waals surface area (Å²) in [7, 11) is 0. The third kappa shape index (κ3) is 2.44. The predicted molar refractivity (Wildman–Crippen MR) is 80.4 cm³/mol. The van der Waals surface area contributed by atoms with Crippen molar-refractivity contribution in [2.45, 2.75) is 88.1 Å². The molecule has 0 aliphatic heterocycles. The third-order valence-corrected chi connectivity index (χ3v) is 14.9. The fourth-order valence-corrected chi connectivity index (χ4v) is 9.71. The summed E-state index contributed by atoms with van der Waals surface area (Å²) < 4.78 is 0. The van der Waals surface area contributed by atoms with Gasteiger partial charge >= 0.3 is 0 Å². The Morgan fingerprint density at radius 2 is 0.941 bits per heavy atom. The van der Waals surface area contributed by atoms with E-state index >= 15 is 0 Å². The average molecular weight is 293 g/mol. The summed E-state index contributed by atoms with van der Waals surface area (Å²) in [5.74, 6) is 0. The van der Waals surface area contributed by atoms with Crippen molar-refractivity contribution in [1.29, 1.82) is 0 Å². The number of halogens is 2. The third-order valence-electron chi connectivity index (χ3n) is 5.43. The van der Waals surface area contributed by atoms with Gasteiger partial charge in [-0.2, -0.15) is 0 Å². The summed E-state index contributed by atoms with van der Waals surface area (Å²) in [5, 5.41) is 0.529. The fourth-order valence-electron chi connectivity index (χ4n) is 4.02. The molecule has 0 bridgehead atoms. The minimum Gasteiger partial charge on any atom is -0.145 e. The summed E-state index contributed by atoms with van der Waals surface area (Å²) in [5.41, 5.74) is 0. The SMILES string of the molecule is CC1([Si](Cl)(Cl)C2(C)CCCCC2)CCCCC1. The van der Waals surface area contributed by atoms with Crippen molar-refractivity contribution in [3.8, 4) is 0 Å². The lowest BCUT2D eigenvalue weighted by molar-refractivity contribution is 0.347. The molecule has 100 valence electrons. The molecule has 2 saturated carbocycles. The van der Waals surface area contributed by atoms with Crippen LogP contribution in [0.2, 0.25) is 10.1 Å². The minimum absolute atomic E-state index is 0.264. The van der Waals surface area contributed by atoms with Crippen LogP contribution in [0.1, 0.15) is 78.1 Å². The molecule has 0 N–H and O–H groups in total. The van der Waals surface area contributed by atoms with E-state index in [9.17, 15) is 0 Å². The Morgan fingerprint density at radius 3 is 1.24 bits per heavy atom. The van der Waals surface area contributed by atoms with Crippen LogP contribution in [0, 0.1) is 0 Å². The normalized spacial score (nSPS) is 28.9. The van der Waals surface area contributed by atoms with E-state index < -0.39 is 6.69 Å². The van der Waals surface area contributed by atoms with Gasteiger partial charge in [0, 0.05) is 0 Å². The first kappa shape index (κ1) is 14.2. The summed E-state index contributed by atoms with van der Waals surface area (Å²) in [6, 6.07) is 0. The number of hydrogen-bond acceptors (Lipinski definition) is 0. The van der Waals surface area contributed by atoms with Crippen LogP contribution in [-0.4, -0.2) is 6.69 Å². The smallest absolute Gasteiger partial charge is 0.145 e. The Morgan fingerprint density at radius 1 is 0.647 bits per heavy atom. The zero-order valence-corrected chi connectivity index (χ0v) is 13.8. The molecule has 0 heterocycles. The van der Waals surface area contributed by atoms with Crippen molar-refractivity contribution >= 4 is 28.9 Å². The highest BCUT2D eigenvalue weighted by molar-refractivity contribution is 7.47. The van der Waals surface area contributed by atoms with Gasteiger partial charge in [0.2, 0.25) is 0 Å². The summed E-state index contributed by atoms with van der Waals surface area (Å²) in [6.07, 6.45) is 13.2. The largest absolute Gasteiger partial charge is 0.262 e. The highest BCUT2D eigenvalue weighted by Crippen LogP contribution is 2.66. The molecule has 2 aliphatic carbocycles. The van der Waals surface area contributed by atoms with Crippen molar-refractivity contribution in [2.24, 2.45) is 0 Å². The molecule has 0 unspecified atom stereocenters. The molecule has 2 fully saturated rings. The molecule has 0 nitrogen and oxygen atoms in total. The topological polar surface area (TPSA) is 0 Å². The average Bonchev–Trinajstić information content (AvgIpc) is 2.30. The molecule has 0 saturated heterocycles. The fraction of sp³-hybridized carbons (Fsp3) is 1.00. The zero-order chi connectivity index (χ0) is 12.6. The second-order valence-corrected chi connectivity index (χ2v) is 14.4. The lowest BCUT2D eigenvalue weighted by atomic mass is 9.88. The zero-order valence-electron chi connectivity index (χ0n) is 11.3. The van der Waals surface area contributed by atoms with E-state index in [0.29, 0.717) is 0 Å². The van der Waals surface area contributed by atoms with Gasteiger partial charge in [0.25, 0.3) is 6.69 Å². The maximum absolute atomic E-state index is 7.08. The first-order valence-corrected chi connectivity index (χ1v) is 11.3.